The second-order valence-electron chi connectivity index (χ2n) is 7.82. The van der Waals surface area contributed by atoms with Crippen molar-refractivity contribution in [3.8, 4) is 11.1 Å². The standard InChI is InChI=1S/C22H24O7/c1-21(2,3)29-13-22(19(25)26,20(27)28)12-14-8-10-15(11-9-14)16-6-4-5-7-17(16)18(23)24/h4-11H,12-13H2,1-3H3,(H,23,24)(H,25,26)(H,27,28). The van der Waals surface area contributed by atoms with Crippen LogP contribution in [0.3, 0.4) is 0 Å². The SMILES string of the molecule is CC(C)(C)OCC(Cc1ccc(-c2ccccc2C(=O)O)cc1)(C(=O)O)C(=O)O. The van der Waals surface area contributed by atoms with Gasteiger partial charge in [0, 0.05) is 6.42 Å². The van der Waals surface area contributed by atoms with Gasteiger partial charge in [0.15, 0.2) is 5.41 Å². The molecule has 0 bridgehead atoms. The Morgan fingerprint density at radius 2 is 1.41 bits per heavy atom. The molecule has 0 aliphatic carbocycles. The van der Waals surface area contributed by atoms with Crippen LogP contribution >= 0.6 is 0 Å². The van der Waals surface area contributed by atoms with Crippen molar-refractivity contribution >= 4 is 17.9 Å². The van der Waals surface area contributed by atoms with E-state index in [4.69, 9.17) is 4.74 Å². The molecule has 7 heteroatoms. The molecule has 0 amide bonds. The minimum absolute atomic E-state index is 0.143. The van der Waals surface area contributed by atoms with E-state index in [0.717, 1.165) is 0 Å². The lowest BCUT2D eigenvalue weighted by molar-refractivity contribution is -0.173. The summed E-state index contributed by atoms with van der Waals surface area (Å²) in [4.78, 5) is 35.1. The Hall–Kier alpha value is -3.19. The molecule has 0 aliphatic rings. The van der Waals surface area contributed by atoms with E-state index < -0.39 is 35.5 Å². The van der Waals surface area contributed by atoms with E-state index >= 15 is 0 Å². The van der Waals surface area contributed by atoms with Gasteiger partial charge < -0.3 is 20.1 Å². The molecule has 154 valence electrons. The summed E-state index contributed by atoms with van der Waals surface area (Å²) in [7, 11) is 0. The van der Waals surface area contributed by atoms with Crippen molar-refractivity contribution in [1.82, 2.24) is 0 Å². The van der Waals surface area contributed by atoms with Crippen molar-refractivity contribution in [1.29, 1.82) is 0 Å². The smallest absolute Gasteiger partial charge is 0.336 e. The summed E-state index contributed by atoms with van der Waals surface area (Å²) in [6.07, 6.45) is -0.269. The maximum absolute atomic E-state index is 11.9. The Bertz CT molecular complexity index is 894. The summed E-state index contributed by atoms with van der Waals surface area (Å²) in [5.41, 5.74) is -1.04. The zero-order valence-corrected chi connectivity index (χ0v) is 16.5. The molecule has 0 saturated heterocycles. The van der Waals surface area contributed by atoms with Crippen LogP contribution in [0.2, 0.25) is 0 Å². The molecule has 0 saturated carbocycles. The van der Waals surface area contributed by atoms with Gasteiger partial charge >= 0.3 is 17.9 Å². The average Bonchev–Trinajstić information content (AvgIpc) is 2.64. The molecule has 0 heterocycles. The molecule has 2 aromatic carbocycles. The van der Waals surface area contributed by atoms with Gasteiger partial charge in [0.25, 0.3) is 0 Å². The van der Waals surface area contributed by atoms with Crippen molar-refractivity contribution in [3.63, 3.8) is 0 Å². The summed E-state index contributed by atoms with van der Waals surface area (Å²) in [6.45, 7) is 4.67. The first kappa shape index (κ1) is 22.1. The zero-order valence-electron chi connectivity index (χ0n) is 16.5. The summed E-state index contributed by atoms with van der Waals surface area (Å²) >= 11 is 0. The predicted molar refractivity (Wildman–Crippen MR) is 106 cm³/mol. The van der Waals surface area contributed by atoms with Gasteiger partial charge in [0.2, 0.25) is 0 Å². The van der Waals surface area contributed by atoms with Gasteiger partial charge in [0.05, 0.1) is 17.8 Å². The Labute approximate surface area is 168 Å². The van der Waals surface area contributed by atoms with Crippen molar-refractivity contribution in [3.05, 3.63) is 59.7 Å². The van der Waals surface area contributed by atoms with Crippen LogP contribution < -0.4 is 0 Å². The second-order valence-corrected chi connectivity index (χ2v) is 7.82. The molecule has 0 unspecified atom stereocenters. The highest BCUT2D eigenvalue weighted by Crippen LogP contribution is 2.29. The van der Waals surface area contributed by atoms with Gasteiger partial charge in [-0.15, -0.1) is 0 Å². The van der Waals surface area contributed by atoms with Crippen LogP contribution in [0.4, 0.5) is 0 Å². The highest BCUT2D eigenvalue weighted by molar-refractivity contribution is 5.99. The van der Waals surface area contributed by atoms with Crippen LogP contribution in [0.15, 0.2) is 48.5 Å². The van der Waals surface area contributed by atoms with Gasteiger partial charge in [0.1, 0.15) is 0 Å². The predicted octanol–water partition coefficient (Wildman–Crippen LogP) is 3.57. The molecule has 7 nitrogen and oxygen atoms in total. The highest BCUT2D eigenvalue weighted by atomic mass is 16.5. The number of rotatable bonds is 8. The van der Waals surface area contributed by atoms with Crippen molar-refractivity contribution < 1.29 is 34.4 Å². The summed E-state index contributed by atoms with van der Waals surface area (Å²) < 4.78 is 5.50. The fourth-order valence-electron chi connectivity index (χ4n) is 2.83. The van der Waals surface area contributed by atoms with Crippen LogP contribution in [0.5, 0.6) is 0 Å². The number of hydrogen-bond acceptors (Lipinski definition) is 4. The number of aliphatic carboxylic acids is 2. The molecule has 3 N–H and O–H groups in total. The third-order valence-corrected chi connectivity index (χ3v) is 4.50. The molecule has 0 radical (unpaired) electrons. The molecule has 0 fully saturated rings. The minimum atomic E-state index is -2.13. The van der Waals surface area contributed by atoms with Crippen LogP contribution in [0.25, 0.3) is 11.1 Å². The number of benzene rings is 2. The van der Waals surface area contributed by atoms with E-state index in [1.807, 2.05) is 0 Å². The Kier molecular flexibility index (Phi) is 6.44. The molecule has 0 aromatic heterocycles. The average molecular weight is 400 g/mol. The van der Waals surface area contributed by atoms with Crippen LogP contribution in [-0.4, -0.2) is 45.4 Å². The molecule has 0 atom stereocenters. The number of carboxylic acids is 3. The van der Waals surface area contributed by atoms with Gasteiger partial charge in [-0.05, 0) is 43.5 Å². The van der Waals surface area contributed by atoms with Gasteiger partial charge in [-0.25, -0.2) is 4.79 Å². The molecule has 2 rings (SSSR count). The zero-order chi connectivity index (χ0) is 21.8. The fourth-order valence-corrected chi connectivity index (χ4v) is 2.83. The normalized spacial score (nSPS) is 11.8. The fraction of sp³-hybridized carbons (Fsp3) is 0.318. The first-order valence-corrected chi connectivity index (χ1v) is 8.99. The lowest BCUT2D eigenvalue weighted by atomic mass is 9.81. The van der Waals surface area contributed by atoms with Crippen molar-refractivity contribution in [2.45, 2.75) is 32.8 Å². The molecule has 0 aliphatic heterocycles. The van der Waals surface area contributed by atoms with Crippen LogP contribution in [-0.2, 0) is 20.7 Å². The lowest BCUT2D eigenvalue weighted by Gasteiger charge is -2.29. The van der Waals surface area contributed by atoms with Crippen molar-refractivity contribution in [2.75, 3.05) is 6.61 Å². The third kappa shape index (κ3) is 5.20. The largest absolute Gasteiger partial charge is 0.480 e. The Morgan fingerprint density at radius 3 is 1.90 bits per heavy atom. The Balaban J connectivity index is 2.35. The van der Waals surface area contributed by atoms with E-state index in [9.17, 15) is 29.7 Å². The molecule has 0 spiro atoms. The van der Waals surface area contributed by atoms with Crippen LogP contribution in [0.1, 0.15) is 36.7 Å². The first-order valence-electron chi connectivity index (χ1n) is 8.99. The molecular weight excluding hydrogens is 376 g/mol. The van der Waals surface area contributed by atoms with E-state index in [0.29, 0.717) is 16.7 Å². The maximum Gasteiger partial charge on any atom is 0.336 e. The first-order chi connectivity index (χ1) is 13.5. The van der Waals surface area contributed by atoms with Gasteiger partial charge in [-0.1, -0.05) is 42.5 Å². The number of aromatic carboxylic acids is 1. The summed E-state index contributed by atoms with van der Waals surface area (Å²) in [5.74, 6) is -4.01. The maximum atomic E-state index is 11.9. The number of ether oxygens (including phenoxy) is 1. The second kappa shape index (κ2) is 8.45. The summed E-state index contributed by atoms with van der Waals surface area (Å²) in [6, 6.07) is 13.0. The quantitative estimate of drug-likeness (QED) is 0.579. The monoisotopic (exact) mass is 400 g/mol. The summed E-state index contributed by atoms with van der Waals surface area (Å²) in [5, 5.41) is 28.6. The highest BCUT2D eigenvalue weighted by Gasteiger charge is 2.48. The molecule has 29 heavy (non-hydrogen) atoms. The minimum Gasteiger partial charge on any atom is -0.480 e. The lowest BCUT2D eigenvalue weighted by Crippen LogP contribution is -2.47. The van der Waals surface area contributed by atoms with E-state index in [2.05, 4.69) is 0 Å². The topological polar surface area (TPSA) is 121 Å². The van der Waals surface area contributed by atoms with E-state index in [1.165, 1.54) is 6.07 Å². The number of carboxylic acid groups (broad SMARTS) is 3. The van der Waals surface area contributed by atoms with Gasteiger partial charge in [-0.2, -0.15) is 0 Å². The van der Waals surface area contributed by atoms with E-state index in [-0.39, 0.29) is 12.0 Å². The molecule has 2 aromatic rings. The number of hydrogen-bond donors (Lipinski definition) is 3. The number of carbonyl (C=O) groups is 3. The molecular formula is C22H24O7. The van der Waals surface area contributed by atoms with Crippen LogP contribution in [0, 0.1) is 5.41 Å². The Morgan fingerprint density at radius 1 is 0.862 bits per heavy atom. The van der Waals surface area contributed by atoms with E-state index in [1.54, 1.807) is 63.2 Å². The van der Waals surface area contributed by atoms with Gasteiger partial charge in [-0.3, -0.25) is 9.59 Å². The van der Waals surface area contributed by atoms with Crippen molar-refractivity contribution in [2.24, 2.45) is 5.41 Å². The third-order valence-electron chi connectivity index (χ3n) is 4.50.